The number of aromatic nitrogens is 5. The Labute approximate surface area is 358 Å². The summed E-state index contributed by atoms with van der Waals surface area (Å²) in [4.78, 5) is 16.4. The van der Waals surface area contributed by atoms with Crippen LogP contribution in [-0.4, -0.2) is 24.1 Å². The summed E-state index contributed by atoms with van der Waals surface area (Å²) in [5.41, 5.74) is 13.5. The molecule has 0 aliphatic carbocycles. The van der Waals surface area contributed by atoms with Gasteiger partial charge in [0.05, 0.1) is 33.4 Å². The first kappa shape index (κ1) is 35.5. The van der Waals surface area contributed by atoms with Crippen molar-refractivity contribution in [3.05, 3.63) is 224 Å². The van der Waals surface area contributed by atoms with E-state index in [-0.39, 0.29) is 0 Å². The molecule has 5 nitrogen and oxygen atoms in total. The van der Waals surface area contributed by atoms with Gasteiger partial charge >= 0.3 is 0 Å². The molecule has 290 valence electrons. The number of benzene rings is 9. The highest BCUT2D eigenvalue weighted by atomic mass is 15.1. The summed E-state index contributed by atoms with van der Waals surface area (Å²) in [6.45, 7) is 0. The van der Waals surface area contributed by atoms with Crippen LogP contribution in [0.5, 0.6) is 0 Å². The SMILES string of the molecule is c1ccc(-c2nc(-c3cccc(-c4ccccc4)c3-n3c4ccccc4c4ccccc43)nc(-c3cccc(-c4ccccc4)c3-n3c4ccccc4c4ccccc43)n2)cc1. The lowest BCUT2D eigenvalue weighted by molar-refractivity contribution is 1.06. The summed E-state index contributed by atoms with van der Waals surface area (Å²) in [5, 5.41) is 4.75. The fourth-order valence-electron chi connectivity index (χ4n) is 9.29. The molecule has 0 aliphatic heterocycles. The van der Waals surface area contributed by atoms with Crippen LogP contribution in [0.1, 0.15) is 0 Å². The van der Waals surface area contributed by atoms with E-state index in [0.29, 0.717) is 17.5 Å². The molecule has 0 saturated heterocycles. The second-order valence-electron chi connectivity index (χ2n) is 15.5. The average Bonchev–Trinajstić information content (AvgIpc) is 3.87. The molecule has 0 amide bonds. The third-order valence-electron chi connectivity index (χ3n) is 12.0. The number of hydrogen-bond acceptors (Lipinski definition) is 3. The van der Waals surface area contributed by atoms with Gasteiger partial charge in [-0.25, -0.2) is 15.0 Å². The Morgan fingerprint density at radius 2 is 0.516 bits per heavy atom. The molecule has 0 saturated carbocycles. The van der Waals surface area contributed by atoms with Gasteiger partial charge in [0.15, 0.2) is 17.5 Å². The van der Waals surface area contributed by atoms with Crippen molar-refractivity contribution in [1.82, 2.24) is 24.1 Å². The van der Waals surface area contributed by atoms with E-state index in [1.165, 1.54) is 21.5 Å². The van der Waals surface area contributed by atoms with Gasteiger partial charge in [0, 0.05) is 49.4 Å². The summed E-state index contributed by atoms with van der Waals surface area (Å²) in [7, 11) is 0. The minimum absolute atomic E-state index is 0.585. The molecule has 0 N–H and O–H groups in total. The topological polar surface area (TPSA) is 48.5 Å². The van der Waals surface area contributed by atoms with Crippen LogP contribution >= 0.6 is 0 Å². The van der Waals surface area contributed by atoms with Crippen LogP contribution in [0.3, 0.4) is 0 Å². The van der Waals surface area contributed by atoms with E-state index in [0.717, 1.165) is 72.4 Å². The van der Waals surface area contributed by atoms with Crippen molar-refractivity contribution in [2.24, 2.45) is 0 Å². The van der Waals surface area contributed by atoms with Crippen molar-refractivity contribution in [3.63, 3.8) is 0 Å². The lowest BCUT2D eigenvalue weighted by atomic mass is 9.98. The zero-order valence-electron chi connectivity index (χ0n) is 33.6. The Kier molecular flexibility index (Phi) is 8.42. The van der Waals surface area contributed by atoms with Crippen molar-refractivity contribution >= 4 is 43.6 Å². The standard InChI is InChI=1S/C57H37N5/c1-4-20-38(21-5-1)41-30-18-32-47(53(41)61-49-34-14-10-26-43(49)44-27-11-15-35-50(44)61)56-58-55(40-24-8-3-9-25-40)59-57(60-56)48-33-19-31-42(39-22-6-2-7-23-39)54(48)62-51-36-16-12-28-45(51)46-29-13-17-37-52(46)62/h1-37H. The molecule has 12 rings (SSSR count). The number of fused-ring (bicyclic) bond motifs is 6. The summed E-state index contributed by atoms with van der Waals surface area (Å²) < 4.78 is 4.79. The van der Waals surface area contributed by atoms with Crippen LogP contribution in [0, 0.1) is 0 Å². The summed E-state index contributed by atoms with van der Waals surface area (Å²) >= 11 is 0. The van der Waals surface area contributed by atoms with Gasteiger partial charge in [-0.1, -0.05) is 188 Å². The molecule has 3 heterocycles. The highest BCUT2D eigenvalue weighted by Gasteiger charge is 2.25. The van der Waals surface area contributed by atoms with Gasteiger partial charge in [-0.15, -0.1) is 0 Å². The van der Waals surface area contributed by atoms with Crippen molar-refractivity contribution in [2.45, 2.75) is 0 Å². The average molecular weight is 792 g/mol. The Morgan fingerprint density at radius 1 is 0.226 bits per heavy atom. The van der Waals surface area contributed by atoms with Crippen LogP contribution < -0.4 is 0 Å². The summed E-state index contributed by atoms with van der Waals surface area (Å²) in [6, 6.07) is 79.1. The molecule has 9 aromatic carbocycles. The number of hydrogen-bond donors (Lipinski definition) is 0. The molecular weight excluding hydrogens is 755 g/mol. The van der Waals surface area contributed by atoms with Gasteiger partial charge in [0.2, 0.25) is 0 Å². The molecule has 0 fully saturated rings. The lowest BCUT2D eigenvalue weighted by Crippen LogP contribution is -2.07. The van der Waals surface area contributed by atoms with Gasteiger partial charge in [-0.05, 0) is 47.5 Å². The molecule has 62 heavy (non-hydrogen) atoms. The molecule has 0 atom stereocenters. The molecule has 0 bridgehead atoms. The third kappa shape index (κ3) is 5.75. The van der Waals surface area contributed by atoms with Gasteiger partial charge in [0.25, 0.3) is 0 Å². The maximum absolute atomic E-state index is 5.58. The zero-order chi connectivity index (χ0) is 41.0. The molecule has 12 aromatic rings. The van der Waals surface area contributed by atoms with E-state index in [4.69, 9.17) is 15.0 Å². The molecule has 0 aliphatic rings. The van der Waals surface area contributed by atoms with Crippen molar-refractivity contribution < 1.29 is 0 Å². The van der Waals surface area contributed by atoms with Crippen LogP contribution in [0.15, 0.2) is 224 Å². The molecule has 3 aromatic heterocycles. The van der Waals surface area contributed by atoms with Crippen LogP contribution in [0.2, 0.25) is 0 Å². The van der Waals surface area contributed by atoms with E-state index in [2.05, 4.69) is 215 Å². The quantitative estimate of drug-likeness (QED) is 0.162. The van der Waals surface area contributed by atoms with E-state index < -0.39 is 0 Å². The number of nitrogens with zero attached hydrogens (tertiary/aromatic N) is 5. The minimum atomic E-state index is 0.585. The Morgan fingerprint density at radius 3 is 0.887 bits per heavy atom. The minimum Gasteiger partial charge on any atom is -0.308 e. The van der Waals surface area contributed by atoms with Crippen LogP contribution in [0.25, 0.3) is 111 Å². The maximum atomic E-state index is 5.58. The smallest absolute Gasteiger partial charge is 0.166 e. The second kappa shape index (κ2) is 14.7. The number of rotatable bonds is 7. The second-order valence-corrected chi connectivity index (χ2v) is 15.5. The van der Waals surface area contributed by atoms with E-state index >= 15 is 0 Å². The maximum Gasteiger partial charge on any atom is 0.166 e. The normalized spacial score (nSPS) is 11.5. The first-order valence-corrected chi connectivity index (χ1v) is 21.0. The zero-order valence-corrected chi connectivity index (χ0v) is 33.6. The third-order valence-corrected chi connectivity index (χ3v) is 12.0. The molecule has 0 spiro atoms. The molecule has 5 heteroatoms. The van der Waals surface area contributed by atoms with Gasteiger partial charge in [0.1, 0.15) is 0 Å². The Balaban J connectivity index is 1.21. The van der Waals surface area contributed by atoms with Crippen molar-refractivity contribution in [2.75, 3.05) is 0 Å². The predicted octanol–water partition coefficient (Wildman–Crippen LogP) is 14.4. The fraction of sp³-hybridized carbons (Fsp3) is 0. The molecule has 0 radical (unpaired) electrons. The van der Waals surface area contributed by atoms with E-state index in [1.807, 2.05) is 18.2 Å². The fourth-order valence-corrected chi connectivity index (χ4v) is 9.29. The summed E-state index contributed by atoms with van der Waals surface area (Å²) in [5.74, 6) is 1.77. The van der Waals surface area contributed by atoms with E-state index in [1.54, 1.807) is 0 Å². The predicted molar refractivity (Wildman–Crippen MR) is 256 cm³/mol. The molecular formula is C57H37N5. The number of para-hydroxylation sites is 6. The first-order valence-electron chi connectivity index (χ1n) is 21.0. The largest absolute Gasteiger partial charge is 0.308 e. The highest BCUT2D eigenvalue weighted by molar-refractivity contribution is 6.12. The van der Waals surface area contributed by atoms with Crippen molar-refractivity contribution in [3.8, 4) is 67.8 Å². The van der Waals surface area contributed by atoms with Crippen LogP contribution in [-0.2, 0) is 0 Å². The summed E-state index contributed by atoms with van der Waals surface area (Å²) in [6.07, 6.45) is 0. The van der Waals surface area contributed by atoms with Gasteiger partial charge in [-0.3, -0.25) is 0 Å². The van der Waals surface area contributed by atoms with Gasteiger partial charge < -0.3 is 9.13 Å². The monoisotopic (exact) mass is 791 g/mol. The Bertz CT molecular complexity index is 3300. The van der Waals surface area contributed by atoms with Crippen LogP contribution in [0.4, 0.5) is 0 Å². The lowest BCUT2D eigenvalue weighted by Gasteiger charge is -2.20. The Hall–Kier alpha value is -8.41. The van der Waals surface area contributed by atoms with Crippen molar-refractivity contribution in [1.29, 1.82) is 0 Å². The van der Waals surface area contributed by atoms with E-state index in [9.17, 15) is 0 Å². The van der Waals surface area contributed by atoms with Gasteiger partial charge in [-0.2, -0.15) is 0 Å². The first-order chi connectivity index (χ1) is 30.8. The molecule has 0 unspecified atom stereocenters. The highest BCUT2D eigenvalue weighted by Crippen LogP contribution is 2.44.